The molecule has 0 fully saturated rings. The number of hydrogen-bond donors (Lipinski definition) is 0. The molecule has 7 aromatic carbocycles. The minimum atomic E-state index is 0.600. The minimum Gasteiger partial charge on any atom is -0.488 e. The van der Waals surface area contributed by atoms with Crippen molar-refractivity contribution in [3.63, 3.8) is 0 Å². The lowest BCUT2D eigenvalue weighted by Crippen LogP contribution is -2.08. The first-order chi connectivity index (χ1) is 22.8. The highest BCUT2D eigenvalue weighted by atomic mass is 16.5. The molecule has 0 amide bonds. The van der Waals surface area contributed by atoms with Crippen molar-refractivity contribution in [1.29, 1.82) is 0 Å². The number of para-hydroxylation sites is 3. The highest BCUT2D eigenvalue weighted by molar-refractivity contribution is 6.18. The van der Waals surface area contributed by atoms with E-state index in [-0.39, 0.29) is 0 Å². The van der Waals surface area contributed by atoms with Crippen LogP contribution < -0.4 is 4.74 Å². The molecule has 0 saturated heterocycles. The molecule has 46 heavy (non-hydrogen) atoms. The van der Waals surface area contributed by atoms with Crippen LogP contribution in [0.3, 0.4) is 0 Å². The summed E-state index contributed by atoms with van der Waals surface area (Å²) in [6.45, 7) is 0.600. The number of ether oxygens (including phenoxy) is 1. The van der Waals surface area contributed by atoms with Crippen LogP contribution in [0.4, 0.5) is 0 Å². The highest BCUT2D eigenvalue weighted by Gasteiger charge is 2.30. The van der Waals surface area contributed by atoms with Gasteiger partial charge in [0.15, 0.2) is 0 Å². The Kier molecular flexibility index (Phi) is 4.63. The van der Waals surface area contributed by atoms with Crippen molar-refractivity contribution < 1.29 is 4.74 Å². The summed E-state index contributed by atoms with van der Waals surface area (Å²) < 4.78 is 11.2. The van der Waals surface area contributed by atoms with Gasteiger partial charge in [-0.25, -0.2) is 0 Å². The molecule has 0 aliphatic carbocycles. The third kappa shape index (κ3) is 3.07. The van der Waals surface area contributed by atoms with Gasteiger partial charge in [0.1, 0.15) is 12.4 Å². The van der Waals surface area contributed by atoms with E-state index in [1.54, 1.807) is 0 Å². The molecule has 0 saturated carbocycles. The molecule has 2 aromatic heterocycles. The molecule has 0 unspecified atom stereocenters. The van der Waals surface area contributed by atoms with Crippen LogP contribution in [-0.2, 0) is 6.61 Å². The third-order valence-corrected chi connectivity index (χ3v) is 10.1. The second-order valence-corrected chi connectivity index (χ2v) is 12.5. The maximum atomic E-state index is 6.32. The molecule has 2 aliphatic heterocycles. The molecule has 2 aliphatic rings. The normalized spacial score (nSPS) is 12.9. The molecule has 0 N–H and O–H groups in total. The number of benzene rings is 7. The molecule has 4 heterocycles. The predicted molar refractivity (Wildman–Crippen MR) is 189 cm³/mol. The quantitative estimate of drug-likeness (QED) is 0.197. The molecular formula is C43H26N2O. The van der Waals surface area contributed by atoms with Crippen LogP contribution in [0.1, 0.15) is 5.56 Å². The predicted octanol–water partition coefficient (Wildman–Crippen LogP) is 11.1. The topological polar surface area (TPSA) is 19.1 Å². The molecule has 0 atom stereocenters. The Morgan fingerprint density at radius 1 is 0.457 bits per heavy atom. The SMILES string of the molecule is c1ccc(-n2c3ccccc3c3cc(-c4ccc5c(c4)c4cccc6c4n5-c4cccc5c4-c4c(cccc4-6)CO5)ccc32)cc1. The standard InChI is InChI=1S/C43H26N2O/c1-2-10-29(11-3-1)44-36-16-5-4-12-30(36)34-23-26(19-21-37(34)44)27-20-22-38-35(24-27)33-15-7-14-32-31-13-6-9-28-25-46-40-18-8-17-39(42(40)41(28)31)45(38)43(32)33/h1-24H,25H2. The van der Waals surface area contributed by atoms with Crippen molar-refractivity contribution in [2.24, 2.45) is 0 Å². The fourth-order valence-corrected chi connectivity index (χ4v) is 8.20. The molecule has 214 valence electrons. The summed E-state index contributed by atoms with van der Waals surface area (Å²) in [6, 6.07) is 53.2. The lowest BCUT2D eigenvalue weighted by Gasteiger charge is -2.24. The van der Waals surface area contributed by atoms with Crippen LogP contribution in [0.2, 0.25) is 0 Å². The Labute approximate surface area is 265 Å². The lowest BCUT2D eigenvalue weighted by atomic mass is 9.88. The van der Waals surface area contributed by atoms with Gasteiger partial charge < -0.3 is 13.9 Å². The van der Waals surface area contributed by atoms with Crippen LogP contribution in [0.25, 0.3) is 88.4 Å². The van der Waals surface area contributed by atoms with Crippen molar-refractivity contribution in [3.8, 4) is 50.5 Å². The fourth-order valence-electron chi connectivity index (χ4n) is 8.20. The van der Waals surface area contributed by atoms with E-state index in [9.17, 15) is 0 Å². The number of rotatable bonds is 2. The van der Waals surface area contributed by atoms with Gasteiger partial charge in [-0.15, -0.1) is 0 Å². The molecule has 3 heteroatoms. The van der Waals surface area contributed by atoms with Crippen molar-refractivity contribution >= 4 is 43.6 Å². The van der Waals surface area contributed by atoms with Gasteiger partial charge in [-0.05, 0) is 76.9 Å². The Morgan fingerprint density at radius 3 is 2.00 bits per heavy atom. The van der Waals surface area contributed by atoms with Crippen molar-refractivity contribution in [2.75, 3.05) is 0 Å². The van der Waals surface area contributed by atoms with Crippen LogP contribution in [0.15, 0.2) is 146 Å². The van der Waals surface area contributed by atoms with Crippen molar-refractivity contribution in [3.05, 3.63) is 151 Å². The number of hydrogen-bond acceptors (Lipinski definition) is 1. The number of aromatic nitrogens is 2. The summed E-state index contributed by atoms with van der Waals surface area (Å²) in [7, 11) is 0. The van der Waals surface area contributed by atoms with E-state index in [4.69, 9.17) is 4.74 Å². The second-order valence-electron chi connectivity index (χ2n) is 12.5. The van der Waals surface area contributed by atoms with Gasteiger partial charge in [0.25, 0.3) is 0 Å². The second kappa shape index (κ2) is 8.77. The summed E-state index contributed by atoms with van der Waals surface area (Å²) >= 11 is 0. The summed E-state index contributed by atoms with van der Waals surface area (Å²) in [4.78, 5) is 0. The highest BCUT2D eigenvalue weighted by Crippen LogP contribution is 2.52. The monoisotopic (exact) mass is 586 g/mol. The Morgan fingerprint density at radius 2 is 1.13 bits per heavy atom. The van der Waals surface area contributed by atoms with Gasteiger partial charge in [0, 0.05) is 43.9 Å². The maximum Gasteiger partial charge on any atom is 0.129 e. The average molecular weight is 587 g/mol. The Bertz CT molecular complexity index is 2750. The van der Waals surface area contributed by atoms with Gasteiger partial charge in [-0.2, -0.15) is 0 Å². The summed E-state index contributed by atoms with van der Waals surface area (Å²) in [5.74, 6) is 0.958. The summed E-state index contributed by atoms with van der Waals surface area (Å²) in [5.41, 5.74) is 16.0. The van der Waals surface area contributed by atoms with Crippen LogP contribution in [-0.4, -0.2) is 9.13 Å². The molecule has 3 nitrogen and oxygen atoms in total. The van der Waals surface area contributed by atoms with E-state index in [1.165, 1.54) is 93.9 Å². The largest absolute Gasteiger partial charge is 0.488 e. The van der Waals surface area contributed by atoms with Gasteiger partial charge in [0.05, 0.1) is 27.8 Å². The van der Waals surface area contributed by atoms with E-state index in [0.29, 0.717) is 6.61 Å². The lowest BCUT2D eigenvalue weighted by molar-refractivity contribution is 0.302. The van der Waals surface area contributed by atoms with E-state index >= 15 is 0 Å². The minimum absolute atomic E-state index is 0.600. The first kappa shape index (κ1) is 24.3. The maximum absolute atomic E-state index is 6.32. The summed E-state index contributed by atoms with van der Waals surface area (Å²) in [5, 5.41) is 5.06. The molecular weight excluding hydrogens is 560 g/mol. The zero-order chi connectivity index (χ0) is 29.9. The van der Waals surface area contributed by atoms with Gasteiger partial charge in [0.2, 0.25) is 0 Å². The van der Waals surface area contributed by atoms with Crippen LogP contribution >= 0.6 is 0 Å². The smallest absolute Gasteiger partial charge is 0.129 e. The molecule has 0 bridgehead atoms. The number of fused-ring (bicyclic) bond motifs is 8. The third-order valence-electron chi connectivity index (χ3n) is 10.1. The van der Waals surface area contributed by atoms with Crippen molar-refractivity contribution in [1.82, 2.24) is 9.13 Å². The van der Waals surface area contributed by atoms with Crippen LogP contribution in [0, 0.1) is 0 Å². The number of nitrogens with zero attached hydrogens (tertiary/aromatic N) is 2. The van der Waals surface area contributed by atoms with E-state index in [0.717, 1.165) is 5.75 Å². The Hall–Kier alpha value is -6.06. The molecule has 0 spiro atoms. The van der Waals surface area contributed by atoms with Gasteiger partial charge in [-0.1, -0.05) is 91.0 Å². The van der Waals surface area contributed by atoms with Gasteiger partial charge in [-0.3, -0.25) is 0 Å². The Balaban J connectivity index is 1.18. The first-order valence-corrected chi connectivity index (χ1v) is 15.9. The first-order valence-electron chi connectivity index (χ1n) is 15.9. The zero-order valence-electron chi connectivity index (χ0n) is 24.9. The zero-order valence-corrected chi connectivity index (χ0v) is 24.9. The molecule has 0 radical (unpaired) electrons. The molecule has 11 rings (SSSR count). The fraction of sp³-hybridized carbons (Fsp3) is 0.0233. The van der Waals surface area contributed by atoms with E-state index in [2.05, 4.69) is 155 Å². The van der Waals surface area contributed by atoms with Crippen molar-refractivity contribution in [2.45, 2.75) is 6.61 Å². The van der Waals surface area contributed by atoms with E-state index in [1.807, 2.05) is 0 Å². The van der Waals surface area contributed by atoms with Gasteiger partial charge >= 0.3 is 0 Å². The van der Waals surface area contributed by atoms with Crippen LogP contribution in [0.5, 0.6) is 5.75 Å². The molecule has 9 aromatic rings. The summed E-state index contributed by atoms with van der Waals surface area (Å²) in [6.07, 6.45) is 0. The average Bonchev–Trinajstić information content (AvgIpc) is 3.59. The van der Waals surface area contributed by atoms with E-state index < -0.39 is 0 Å².